The first-order valence-corrected chi connectivity index (χ1v) is 9.30. The molecule has 2 aromatic carbocycles. The molecule has 0 saturated heterocycles. The number of hydrogen-bond donors (Lipinski definition) is 2. The number of carbonyl (C=O) groups excluding carboxylic acids is 1. The van der Waals surface area contributed by atoms with Gasteiger partial charge in [0.1, 0.15) is 17.3 Å². The third-order valence-electron chi connectivity index (χ3n) is 4.50. The van der Waals surface area contributed by atoms with Crippen molar-refractivity contribution in [1.82, 2.24) is 14.4 Å². The first kappa shape index (κ1) is 18.5. The van der Waals surface area contributed by atoms with Crippen molar-refractivity contribution in [3.63, 3.8) is 0 Å². The van der Waals surface area contributed by atoms with Gasteiger partial charge in [-0.3, -0.25) is 14.2 Å². The van der Waals surface area contributed by atoms with E-state index in [9.17, 15) is 4.79 Å². The second-order valence-corrected chi connectivity index (χ2v) is 6.43. The highest BCUT2D eigenvalue weighted by molar-refractivity contribution is 5.91. The van der Waals surface area contributed by atoms with Gasteiger partial charge in [0, 0.05) is 36.6 Å². The summed E-state index contributed by atoms with van der Waals surface area (Å²) in [6.45, 7) is 0.470. The minimum atomic E-state index is -0.0508. The van der Waals surface area contributed by atoms with Gasteiger partial charge in [-0.05, 0) is 36.4 Å². The normalized spacial score (nSPS) is 10.7. The number of carbonyl (C=O) groups is 1. The number of nitrogens with one attached hydrogen (secondary N) is 2. The molecular weight excluding hydrogens is 366 g/mol. The summed E-state index contributed by atoms with van der Waals surface area (Å²) in [6.07, 6.45) is 5.59. The van der Waals surface area contributed by atoms with Gasteiger partial charge in [0.05, 0.1) is 13.3 Å². The molecule has 146 valence electrons. The fourth-order valence-electron chi connectivity index (χ4n) is 3.07. The van der Waals surface area contributed by atoms with Crippen molar-refractivity contribution < 1.29 is 9.53 Å². The van der Waals surface area contributed by atoms with Gasteiger partial charge in [-0.15, -0.1) is 0 Å². The van der Waals surface area contributed by atoms with Crippen molar-refractivity contribution in [3.8, 4) is 17.0 Å². The van der Waals surface area contributed by atoms with E-state index in [1.165, 1.54) is 0 Å². The number of aromatic nitrogens is 3. The average Bonchev–Trinajstić information content (AvgIpc) is 3.13. The predicted octanol–water partition coefficient (Wildman–Crippen LogP) is 3.85. The lowest BCUT2D eigenvalue weighted by Gasteiger charge is -2.10. The number of ether oxygens (including phenoxy) is 1. The number of nitrogens with zero attached hydrogens (tertiary/aromatic N) is 3. The van der Waals surface area contributed by atoms with Gasteiger partial charge in [0.25, 0.3) is 0 Å². The van der Waals surface area contributed by atoms with Crippen molar-refractivity contribution in [2.45, 2.75) is 6.42 Å². The zero-order chi connectivity index (χ0) is 20.1. The molecule has 2 heterocycles. The van der Waals surface area contributed by atoms with E-state index in [1.807, 2.05) is 65.2 Å². The largest absolute Gasteiger partial charge is 0.497 e. The minimum Gasteiger partial charge on any atom is -0.497 e. The quantitative estimate of drug-likeness (QED) is 0.504. The lowest BCUT2D eigenvalue weighted by molar-refractivity contribution is -0.115. The predicted molar refractivity (Wildman–Crippen MR) is 113 cm³/mol. The summed E-state index contributed by atoms with van der Waals surface area (Å²) in [5.41, 5.74) is 3.27. The van der Waals surface area contributed by atoms with Crippen LogP contribution in [0.3, 0.4) is 0 Å². The number of imidazole rings is 1. The first-order valence-electron chi connectivity index (χ1n) is 9.30. The van der Waals surface area contributed by atoms with Gasteiger partial charge < -0.3 is 15.4 Å². The average molecular weight is 387 g/mol. The van der Waals surface area contributed by atoms with E-state index in [2.05, 4.69) is 15.6 Å². The second kappa shape index (κ2) is 8.43. The van der Waals surface area contributed by atoms with Crippen molar-refractivity contribution in [3.05, 3.63) is 73.2 Å². The standard InChI is InChI=1S/C22H21N5O2/c1-29-18-9-7-16(8-10-18)21-22(27-14-13-23-15-19(27)26-21)24-12-11-20(28)25-17-5-3-2-4-6-17/h2-10,13-15,24H,11-12H2,1H3,(H,25,28). The molecule has 2 aromatic heterocycles. The maximum absolute atomic E-state index is 12.2. The SMILES string of the molecule is COc1ccc(-c2nc3cnccn3c2NCCC(=O)Nc2ccccc2)cc1. The van der Waals surface area contributed by atoms with Crippen LogP contribution in [0.5, 0.6) is 5.75 Å². The van der Waals surface area contributed by atoms with Crippen LogP contribution < -0.4 is 15.4 Å². The van der Waals surface area contributed by atoms with Crippen molar-refractivity contribution in [1.29, 1.82) is 0 Å². The molecule has 0 saturated carbocycles. The Morgan fingerprint density at radius 1 is 1.10 bits per heavy atom. The summed E-state index contributed by atoms with van der Waals surface area (Å²) < 4.78 is 7.17. The smallest absolute Gasteiger partial charge is 0.226 e. The molecule has 0 radical (unpaired) electrons. The summed E-state index contributed by atoms with van der Waals surface area (Å²) in [6, 6.07) is 17.1. The van der Waals surface area contributed by atoms with E-state index in [0.717, 1.165) is 34.2 Å². The van der Waals surface area contributed by atoms with Crippen molar-refractivity contribution >= 4 is 23.1 Å². The summed E-state index contributed by atoms with van der Waals surface area (Å²) >= 11 is 0. The molecule has 7 nitrogen and oxygen atoms in total. The Labute approximate surface area is 168 Å². The highest BCUT2D eigenvalue weighted by atomic mass is 16.5. The monoisotopic (exact) mass is 387 g/mol. The van der Waals surface area contributed by atoms with Crippen LogP contribution in [0.4, 0.5) is 11.5 Å². The van der Waals surface area contributed by atoms with E-state index < -0.39 is 0 Å². The van der Waals surface area contributed by atoms with E-state index in [0.29, 0.717) is 13.0 Å². The molecule has 1 amide bonds. The third kappa shape index (κ3) is 4.19. The van der Waals surface area contributed by atoms with Gasteiger partial charge in [-0.25, -0.2) is 4.98 Å². The molecule has 4 rings (SSSR count). The van der Waals surface area contributed by atoms with Gasteiger partial charge in [0.2, 0.25) is 5.91 Å². The molecule has 0 aliphatic carbocycles. The Morgan fingerprint density at radius 2 is 1.90 bits per heavy atom. The summed E-state index contributed by atoms with van der Waals surface area (Å²) in [4.78, 5) is 21.1. The Balaban J connectivity index is 1.52. The first-order chi connectivity index (χ1) is 14.2. The summed E-state index contributed by atoms with van der Waals surface area (Å²) in [5.74, 6) is 1.55. The minimum absolute atomic E-state index is 0.0508. The van der Waals surface area contributed by atoms with Crippen molar-refractivity contribution in [2.75, 3.05) is 24.3 Å². The van der Waals surface area contributed by atoms with E-state index >= 15 is 0 Å². The van der Waals surface area contributed by atoms with Gasteiger partial charge in [-0.1, -0.05) is 18.2 Å². The van der Waals surface area contributed by atoms with Crippen molar-refractivity contribution in [2.24, 2.45) is 0 Å². The zero-order valence-electron chi connectivity index (χ0n) is 16.0. The number of amides is 1. The van der Waals surface area contributed by atoms with Crippen LogP contribution in [0.1, 0.15) is 6.42 Å². The Morgan fingerprint density at radius 3 is 2.66 bits per heavy atom. The Kier molecular flexibility index (Phi) is 5.38. The maximum Gasteiger partial charge on any atom is 0.226 e. The summed E-state index contributed by atoms with van der Waals surface area (Å²) in [5, 5.41) is 6.25. The van der Waals surface area contributed by atoms with Crippen LogP contribution >= 0.6 is 0 Å². The number of benzene rings is 2. The van der Waals surface area contributed by atoms with Gasteiger partial charge >= 0.3 is 0 Å². The van der Waals surface area contributed by atoms with E-state index in [1.54, 1.807) is 19.5 Å². The van der Waals surface area contributed by atoms with Crippen LogP contribution in [-0.4, -0.2) is 33.9 Å². The lowest BCUT2D eigenvalue weighted by Crippen LogP contribution is -2.16. The number of fused-ring (bicyclic) bond motifs is 1. The van der Waals surface area contributed by atoms with Crippen LogP contribution in [-0.2, 0) is 4.79 Å². The van der Waals surface area contributed by atoms with Crippen LogP contribution in [0, 0.1) is 0 Å². The van der Waals surface area contributed by atoms with Crippen LogP contribution in [0.2, 0.25) is 0 Å². The lowest BCUT2D eigenvalue weighted by atomic mass is 10.1. The molecule has 0 atom stereocenters. The molecule has 29 heavy (non-hydrogen) atoms. The van der Waals surface area contributed by atoms with E-state index in [4.69, 9.17) is 9.72 Å². The second-order valence-electron chi connectivity index (χ2n) is 6.43. The van der Waals surface area contributed by atoms with Crippen LogP contribution in [0.25, 0.3) is 16.9 Å². The number of methoxy groups -OCH3 is 1. The number of para-hydroxylation sites is 1. The molecule has 7 heteroatoms. The Hall–Kier alpha value is -3.87. The molecule has 4 aromatic rings. The fourth-order valence-corrected chi connectivity index (χ4v) is 3.07. The fraction of sp³-hybridized carbons (Fsp3) is 0.136. The maximum atomic E-state index is 12.2. The van der Waals surface area contributed by atoms with E-state index in [-0.39, 0.29) is 5.91 Å². The van der Waals surface area contributed by atoms with Gasteiger partial charge in [-0.2, -0.15) is 0 Å². The number of rotatable bonds is 7. The number of hydrogen-bond acceptors (Lipinski definition) is 5. The molecule has 0 aliphatic rings. The molecule has 0 bridgehead atoms. The molecule has 0 aliphatic heterocycles. The Bertz CT molecular complexity index is 1110. The molecule has 0 fully saturated rings. The molecule has 0 unspecified atom stereocenters. The highest BCUT2D eigenvalue weighted by Crippen LogP contribution is 2.29. The zero-order valence-corrected chi connectivity index (χ0v) is 16.0. The molecular formula is C22H21N5O2. The highest BCUT2D eigenvalue weighted by Gasteiger charge is 2.14. The molecule has 0 spiro atoms. The van der Waals surface area contributed by atoms with Crippen LogP contribution in [0.15, 0.2) is 73.2 Å². The third-order valence-corrected chi connectivity index (χ3v) is 4.50. The molecule has 2 N–H and O–H groups in total. The number of anilines is 2. The summed E-state index contributed by atoms with van der Waals surface area (Å²) in [7, 11) is 1.64. The van der Waals surface area contributed by atoms with Gasteiger partial charge in [0.15, 0.2) is 5.65 Å². The topological polar surface area (TPSA) is 80.6 Å².